The van der Waals surface area contributed by atoms with Crippen molar-refractivity contribution < 1.29 is 9.59 Å². The lowest BCUT2D eigenvalue weighted by molar-refractivity contribution is 0.247. The molecule has 0 aliphatic heterocycles. The van der Waals surface area contributed by atoms with Crippen LogP contribution in [0.15, 0.2) is 36.9 Å². The lowest BCUT2D eigenvalue weighted by atomic mass is 10.1. The Kier molecular flexibility index (Phi) is 7.66. The lowest BCUT2D eigenvalue weighted by Crippen LogP contribution is -2.38. The number of carbonyl (C=O) groups is 2. The third kappa shape index (κ3) is 6.02. The van der Waals surface area contributed by atoms with Crippen LogP contribution >= 0.6 is 0 Å². The van der Waals surface area contributed by atoms with E-state index in [-0.39, 0.29) is 18.1 Å². The van der Waals surface area contributed by atoms with Gasteiger partial charge in [-0.05, 0) is 38.0 Å². The summed E-state index contributed by atoms with van der Waals surface area (Å²) < 4.78 is 0. The summed E-state index contributed by atoms with van der Waals surface area (Å²) in [6.07, 6.45) is 3.35. The van der Waals surface area contributed by atoms with Gasteiger partial charge in [0.15, 0.2) is 0 Å². The molecule has 1 aromatic rings. The molecule has 126 valence electrons. The molecule has 23 heavy (non-hydrogen) atoms. The first-order chi connectivity index (χ1) is 11.0. The molecule has 6 heteroatoms. The molecule has 0 aromatic heterocycles. The van der Waals surface area contributed by atoms with Crippen LogP contribution in [0.4, 0.5) is 21.0 Å². The Morgan fingerprint density at radius 3 is 2.70 bits per heavy atom. The van der Waals surface area contributed by atoms with Gasteiger partial charge in [-0.15, -0.1) is 6.58 Å². The van der Waals surface area contributed by atoms with E-state index in [2.05, 4.69) is 22.5 Å². The predicted molar refractivity (Wildman–Crippen MR) is 95.0 cm³/mol. The molecule has 1 atom stereocenters. The zero-order chi connectivity index (χ0) is 17.2. The minimum Gasteiger partial charge on any atom is -0.338 e. The fraction of sp³-hybridized carbons (Fsp3) is 0.412. The van der Waals surface area contributed by atoms with Crippen LogP contribution in [0.5, 0.6) is 0 Å². The maximum Gasteiger partial charge on any atom is 0.321 e. The molecule has 1 rings (SSSR count). The number of urea groups is 2. The summed E-state index contributed by atoms with van der Waals surface area (Å²) in [6.45, 7) is 8.12. The van der Waals surface area contributed by atoms with Crippen LogP contribution in [0.2, 0.25) is 0 Å². The normalized spacial score (nSPS) is 11.3. The fourth-order valence-corrected chi connectivity index (χ4v) is 2.06. The van der Waals surface area contributed by atoms with Crippen LogP contribution in [0.25, 0.3) is 0 Å². The highest BCUT2D eigenvalue weighted by molar-refractivity contribution is 5.94. The fourth-order valence-electron chi connectivity index (χ4n) is 2.06. The summed E-state index contributed by atoms with van der Waals surface area (Å²) in [5, 5.41) is 8.41. The Morgan fingerprint density at radius 2 is 2.09 bits per heavy atom. The first-order valence-electron chi connectivity index (χ1n) is 7.81. The number of amides is 4. The van der Waals surface area contributed by atoms with Gasteiger partial charge in [0, 0.05) is 31.0 Å². The van der Waals surface area contributed by atoms with Crippen molar-refractivity contribution in [2.75, 3.05) is 23.8 Å². The van der Waals surface area contributed by atoms with Gasteiger partial charge in [0.1, 0.15) is 0 Å². The van der Waals surface area contributed by atoms with Crippen molar-refractivity contribution in [3.05, 3.63) is 36.9 Å². The standard InChI is InChI=1S/C17H26N4O2/c1-5-9-13(6-2)19-16(22)20-14-10-8-11-15(12-14)21(4)17(23)18-7-3/h5,8,10-13H,1,6-7,9H2,2-4H3,(H,18,23)(H2,19,20,22)/t13-/m0/s1. The van der Waals surface area contributed by atoms with Gasteiger partial charge in [-0.1, -0.05) is 19.1 Å². The molecular weight excluding hydrogens is 292 g/mol. The van der Waals surface area contributed by atoms with Crippen LogP contribution in [-0.4, -0.2) is 31.7 Å². The summed E-state index contributed by atoms with van der Waals surface area (Å²) in [6, 6.07) is 6.75. The number of benzene rings is 1. The van der Waals surface area contributed by atoms with Crippen LogP contribution in [0.1, 0.15) is 26.7 Å². The highest BCUT2D eigenvalue weighted by atomic mass is 16.2. The highest BCUT2D eigenvalue weighted by Crippen LogP contribution is 2.18. The monoisotopic (exact) mass is 318 g/mol. The summed E-state index contributed by atoms with van der Waals surface area (Å²) in [7, 11) is 1.68. The minimum absolute atomic E-state index is 0.0636. The molecule has 6 nitrogen and oxygen atoms in total. The van der Waals surface area contributed by atoms with Crippen molar-refractivity contribution in [2.45, 2.75) is 32.7 Å². The molecule has 1 aromatic carbocycles. The number of carbonyl (C=O) groups excluding carboxylic acids is 2. The van der Waals surface area contributed by atoms with E-state index in [0.717, 1.165) is 12.8 Å². The van der Waals surface area contributed by atoms with Gasteiger partial charge in [-0.25, -0.2) is 9.59 Å². The number of hydrogen-bond donors (Lipinski definition) is 3. The molecule has 0 aliphatic rings. The molecule has 0 unspecified atom stereocenters. The summed E-state index contributed by atoms with van der Waals surface area (Å²) in [5.41, 5.74) is 1.33. The number of nitrogens with zero attached hydrogens (tertiary/aromatic N) is 1. The molecule has 0 bridgehead atoms. The van der Waals surface area contributed by atoms with Crippen molar-refractivity contribution in [3.63, 3.8) is 0 Å². The molecule has 0 heterocycles. The van der Waals surface area contributed by atoms with Crippen molar-refractivity contribution in [2.24, 2.45) is 0 Å². The Labute approximate surface area is 137 Å². The predicted octanol–water partition coefficient (Wildman–Crippen LogP) is 3.33. The maximum atomic E-state index is 12.0. The van der Waals surface area contributed by atoms with Crippen molar-refractivity contribution in [3.8, 4) is 0 Å². The van der Waals surface area contributed by atoms with E-state index >= 15 is 0 Å². The summed E-state index contributed by atoms with van der Waals surface area (Å²) >= 11 is 0. The quantitative estimate of drug-likeness (QED) is 0.675. The third-order valence-electron chi connectivity index (χ3n) is 3.40. The summed E-state index contributed by atoms with van der Waals surface area (Å²) in [4.78, 5) is 25.4. The average Bonchev–Trinajstić information content (AvgIpc) is 2.54. The van der Waals surface area contributed by atoms with Crippen molar-refractivity contribution in [1.29, 1.82) is 0 Å². The number of hydrogen-bond acceptors (Lipinski definition) is 2. The molecule has 0 saturated heterocycles. The smallest absolute Gasteiger partial charge is 0.321 e. The highest BCUT2D eigenvalue weighted by Gasteiger charge is 2.12. The van der Waals surface area contributed by atoms with Gasteiger partial charge in [0.2, 0.25) is 0 Å². The molecule has 3 N–H and O–H groups in total. The molecular formula is C17H26N4O2. The second-order valence-electron chi connectivity index (χ2n) is 5.17. The summed E-state index contributed by atoms with van der Waals surface area (Å²) in [5.74, 6) is 0. The Balaban J connectivity index is 2.71. The van der Waals surface area contributed by atoms with E-state index in [4.69, 9.17) is 0 Å². The number of rotatable bonds is 7. The van der Waals surface area contributed by atoms with Crippen LogP contribution in [-0.2, 0) is 0 Å². The second-order valence-corrected chi connectivity index (χ2v) is 5.17. The van der Waals surface area contributed by atoms with Gasteiger partial charge in [0.05, 0.1) is 0 Å². The average molecular weight is 318 g/mol. The Hall–Kier alpha value is -2.50. The van der Waals surface area contributed by atoms with E-state index < -0.39 is 0 Å². The SMILES string of the molecule is C=CC[C@H](CC)NC(=O)Nc1cccc(N(C)C(=O)NCC)c1. The molecule has 0 spiro atoms. The number of anilines is 2. The zero-order valence-electron chi connectivity index (χ0n) is 14.1. The molecule has 0 fully saturated rings. The lowest BCUT2D eigenvalue weighted by Gasteiger charge is -2.19. The molecule has 0 radical (unpaired) electrons. The van der Waals surface area contributed by atoms with Crippen LogP contribution < -0.4 is 20.9 Å². The molecule has 0 saturated carbocycles. The zero-order valence-corrected chi connectivity index (χ0v) is 14.1. The second kappa shape index (κ2) is 9.50. The van der Waals surface area contributed by atoms with Gasteiger partial charge >= 0.3 is 12.1 Å². The van der Waals surface area contributed by atoms with Crippen LogP contribution in [0, 0.1) is 0 Å². The van der Waals surface area contributed by atoms with Crippen molar-refractivity contribution in [1.82, 2.24) is 10.6 Å². The Morgan fingerprint density at radius 1 is 1.35 bits per heavy atom. The van der Waals surface area contributed by atoms with E-state index in [9.17, 15) is 9.59 Å². The molecule has 0 aliphatic carbocycles. The topological polar surface area (TPSA) is 73.5 Å². The maximum absolute atomic E-state index is 12.0. The first kappa shape index (κ1) is 18.5. The van der Waals surface area contributed by atoms with Crippen molar-refractivity contribution >= 4 is 23.4 Å². The first-order valence-corrected chi connectivity index (χ1v) is 7.81. The van der Waals surface area contributed by atoms with Gasteiger partial charge < -0.3 is 16.0 Å². The van der Waals surface area contributed by atoms with Gasteiger partial charge in [0.25, 0.3) is 0 Å². The third-order valence-corrected chi connectivity index (χ3v) is 3.40. The largest absolute Gasteiger partial charge is 0.338 e. The molecule has 4 amide bonds. The van der Waals surface area contributed by atoms with E-state index in [1.54, 1.807) is 31.3 Å². The van der Waals surface area contributed by atoms with E-state index in [1.807, 2.05) is 19.9 Å². The Bertz CT molecular complexity index is 545. The van der Waals surface area contributed by atoms with E-state index in [1.165, 1.54) is 4.90 Å². The number of nitrogens with one attached hydrogen (secondary N) is 3. The van der Waals surface area contributed by atoms with Gasteiger partial charge in [-0.2, -0.15) is 0 Å². The van der Waals surface area contributed by atoms with E-state index in [0.29, 0.717) is 17.9 Å². The minimum atomic E-state index is -0.267. The van der Waals surface area contributed by atoms with Gasteiger partial charge in [-0.3, -0.25) is 4.90 Å². The van der Waals surface area contributed by atoms with Crippen LogP contribution in [0.3, 0.4) is 0 Å².